The van der Waals surface area contributed by atoms with E-state index in [1.165, 1.54) is 0 Å². The zero-order valence-corrected chi connectivity index (χ0v) is 12.1. The number of fused-ring (bicyclic) bond motifs is 1. The number of benzene rings is 1. The summed E-state index contributed by atoms with van der Waals surface area (Å²) in [7, 11) is 1.65. The Hall–Kier alpha value is -3.13. The third-order valence-corrected chi connectivity index (χ3v) is 3.33. The number of ether oxygens (including phenoxy) is 1. The minimum Gasteiger partial charge on any atom is -0.497 e. The number of nitriles is 1. The lowest BCUT2D eigenvalue weighted by molar-refractivity contribution is 0.414. The number of hydrogen-bond acceptors (Lipinski definition) is 5. The fraction of sp³-hybridized carbons (Fsp3) is 0.118. The van der Waals surface area contributed by atoms with Gasteiger partial charge in [-0.3, -0.25) is 4.98 Å². The summed E-state index contributed by atoms with van der Waals surface area (Å²) >= 11 is 0. The lowest BCUT2D eigenvalue weighted by Gasteiger charge is -2.07. The van der Waals surface area contributed by atoms with Crippen LogP contribution < -0.4 is 10.1 Å². The first-order chi connectivity index (χ1) is 10.8. The maximum Gasteiger partial charge on any atom is 0.126 e. The molecule has 5 heteroatoms. The largest absolute Gasteiger partial charge is 0.497 e. The molecular weight excluding hydrogens is 276 g/mol. The molecule has 0 atom stereocenters. The van der Waals surface area contributed by atoms with Crippen LogP contribution in [0.3, 0.4) is 0 Å². The van der Waals surface area contributed by atoms with Crippen LogP contribution in [0.1, 0.15) is 11.1 Å². The number of nitrogens with zero attached hydrogens (tertiary/aromatic N) is 3. The first-order valence-corrected chi connectivity index (χ1v) is 6.81. The molecule has 0 aliphatic carbocycles. The second-order valence-electron chi connectivity index (χ2n) is 4.80. The molecule has 0 saturated carbocycles. The first kappa shape index (κ1) is 13.8. The Kier molecular flexibility index (Phi) is 3.84. The summed E-state index contributed by atoms with van der Waals surface area (Å²) < 4.78 is 5.14. The highest BCUT2D eigenvalue weighted by Gasteiger charge is 2.01. The molecule has 108 valence electrons. The second kappa shape index (κ2) is 6.10. The Morgan fingerprint density at radius 3 is 2.68 bits per heavy atom. The molecule has 0 radical (unpaired) electrons. The van der Waals surface area contributed by atoms with Gasteiger partial charge in [-0.2, -0.15) is 5.26 Å². The molecule has 2 aromatic heterocycles. The highest BCUT2D eigenvalue weighted by atomic mass is 16.5. The van der Waals surface area contributed by atoms with E-state index in [0.29, 0.717) is 12.1 Å². The van der Waals surface area contributed by atoms with Crippen LogP contribution in [0.15, 0.2) is 48.8 Å². The molecule has 0 aliphatic heterocycles. The zero-order valence-electron chi connectivity index (χ0n) is 12.1. The Morgan fingerprint density at radius 2 is 1.95 bits per heavy atom. The fourth-order valence-corrected chi connectivity index (χ4v) is 2.12. The molecule has 1 aromatic carbocycles. The van der Waals surface area contributed by atoms with Crippen molar-refractivity contribution in [3.8, 4) is 11.8 Å². The van der Waals surface area contributed by atoms with Crippen LogP contribution in [0.4, 0.5) is 5.82 Å². The quantitative estimate of drug-likeness (QED) is 0.799. The Bertz CT molecular complexity index is 837. The molecule has 2 heterocycles. The fourth-order valence-electron chi connectivity index (χ4n) is 2.12. The average Bonchev–Trinajstić information content (AvgIpc) is 2.59. The highest BCUT2D eigenvalue weighted by Crippen LogP contribution is 2.17. The lowest BCUT2D eigenvalue weighted by Crippen LogP contribution is -2.01. The van der Waals surface area contributed by atoms with Crippen LogP contribution in [-0.4, -0.2) is 17.1 Å². The number of nitrogens with one attached hydrogen (secondary N) is 1. The maximum atomic E-state index is 8.93. The van der Waals surface area contributed by atoms with E-state index < -0.39 is 0 Å². The summed E-state index contributed by atoms with van der Waals surface area (Å²) in [6.07, 6.45) is 3.25. The van der Waals surface area contributed by atoms with Crippen LogP contribution in [0.25, 0.3) is 10.9 Å². The number of anilines is 1. The summed E-state index contributed by atoms with van der Waals surface area (Å²) in [6.45, 7) is 0.661. The van der Waals surface area contributed by atoms with E-state index in [9.17, 15) is 0 Å². The summed E-state index contributed by atoms with van der Waals surface area (Å²) in [4.78, 5) is 8.53. The van der Waals surface area contributed by atoms with Gasteiger partial charge in [0.2, 0.25) is 0 Å². The third kappa shape index (κ3) is 2.96. The molecular formula is C17H14N4O. The van der Waals surface area contributed by atoms with Gasteiger partial charge in [0.15, 0.2) is 0 Å². The predicted molar refractivity (Wildman–Crippen MR) is 84.6 cm³/mol. The van der Waals surface area contributed by atoms with Gasteiger partial charge in [-0.25, -0.2) is 4.98 Å². The Balaban J connectivity index is 1.76. The molecule has 0 amide bonds. The van der Waals surface area contributed by atoms with Crippen LogP contribution in [-0.2, 0) is 6.54 Å². The third-order valence-electron chi connectivity index (χ3n) is 3.33. The number of aromatic nitrogens is 2. The molecule has 0 unspecified atom stereocenters. The van der Waals surface area contributed by atoms with Gasteiger partial charge in [-0.05, 0) is 29.8 Å². The van der Waals surface area contributed by atoms with Gasteiger partial charge in [0, 0.05) is 18.1 Å². The summed E-state index contributed by atoms with van der Waals surface area (Å²) in [6, 6.07) is 13.6. The van der Waals surface area contributed by atoms with Crippen molar-refractivity contribution in [3.63, 3.8) is 0 Å². The Labute approximate surface area is 128 Å². The van der Waals surface area contributed by atoms with Crippen LogP contribution >= 0.6 is 0 Å². The molecule has 0 fully saturated rings. The van der Waals surface area contributed by atoms with E-state index in [4.69, 9.17) is 10.00 Å². The molecule has 0 aliphatic rings. The number of pyridine rings is 2. The topological polar surface area (TPSA) is 70.8 Å². The molecule has 0 spiro atoms. The highest BCUT2D eigenvalue weighted by molar-refractivity contribution is 5.81. The van der Waals surface area contributed by atoms with E-state index in [0.717, 1.165) is 28.0 Å². The van der Waals surface area contributed by atoms with Crippen molar-refractivity contribution >= 4 is 16.7 Å². The molecule has 0 bridgehead atoms. The molecule has 3 rings (SSSR count). The second-order valence-corrected chi connectivity index (χ2v) is 4.80. The Morgan fingerprint density at radius 1 is 1.14 bits per heavy atom. The normalized spacial score (nSPS) is 10.2. The van der Waals surface area contributed by atoms with Gasteiger partial charge >= 0.3 is 0 Å². The molecule has 5 nitrogen and oxygen atoms in total. The van der Waals surface area contributed by atoms with Gasteiger partial charge < -0.3 is 10.1 Å². The smallest absolute Gasteiger partial charge is 0.126 e. The molecule has 3 aromatic rings. The van der Waals surface area contributed by atoms with E-state index >= 15 is 0 Å². The number of rotatable bonds is 4. The molecule has 1 N–H and O–H groups in total. The maximum absolute atomic E-state index is 8.93. The van der Waals surface area contributed by atoms with Crippen molar-refractivity contribution in [3.05, 3.63) is 59.9 Å². The van der Waals surface area contributed by atoms with E-state index in [1.807, 2.05) is 36.4 Å². The van der Waals surface area contributed by atoms with Gasteiger partial charge in [0.05, 0.1) is 24.4 Å². The van der Waals surface area contributed by atoms with E-state index in [-0.39, 0.29) is 0 Å². The van der Waals surface area contributed by atoms with Crippen LogP contribution in [0, 0.1) is 11.3 Å². The van der Waals surface area contributed by atoms with Crippen molar-refractivity contribution in [2.45, 2.75) is 6.54 Å². The van der Waals surface area contributed by atoms with E-state index in [1.54, 1.807) is 19.5 Å². The predicted octanol–water partition coefficient (Wildman–Crippen LogP) is 3.12. The van der Waals surface area contributed by atoms with Gasteiger partial charge in [-0.1, -0.05) is 12.1 Å². The van der Waals surface area contributed by atoms with Crippen molar-refractivity contribution in [1.82, 2.24) is 9.97 Å². The standard InChI is InChI=1S/C17H14N4O/c1-22-15-4-2-12(3-5-15)9-20-17-7-14-6-13(8-18)10-19-16(14)11-21-17/h2-7,10-11H,9H2,1H3,(H,20,21). The van der Waals surface area contributed by atoms with Crippen molar-refractivity contribution in [1.29, 1.82) is 5.26 Å². The summed E-state index contributed by atoms with van der Waals surface area (Å²) in [5, 5.41) is 13.1. The summed E-state index contributed by atoms with van der Waals surface area (Å²) in [5.74, 6) is 1.59. The lowest BCUT2D eigenvalue weighted by atomic mass is 10.2. The summed E-state index contributed by atoms with van der Waals surface area (Å²) in [5.41, 5.74) is 2.44. The van der Waals surface area contributed by atoms with Crippen molar-refractivity contribution < 1.29 is 4.74 Å². The minimum absolute atomic E-state index is 0.541. The van der Waals surface area contributed by atoms with Gasteiger partial charge in [0.1, 0.15) is 17.6 Å². The molecule has 22 heavy (non-hydrogen) atoms. The monoisotopic (exact) mass is 290 g/mol. The average molecular weight is 290 g/mol. The van der Waals surface area contributed by atoms with Gasteiger partial charge in [-0.15, -0.1) is 0 Å². The van der Waals surface area contributed by atoms with Gasteiger partial charge in [0.25, 0.3) is 0 Å². The zero-order chi connectivity index (χ0) is 15.4. The van der Waals surface area contributed by atoms with Crippen LogP contribution in [0.2, 0.25) is 0 Å². The van der Waals surface area contributed by atoms with Crippen molar-refractivity contribution in [2.24, 2.45) is 0 Å². The first-order valence-electron chi connectivity index (χ1n) is 6.81. The molecule has 0 saturated heterocycles. The van der Waals surface area contributed by atoms with Crippen LogP contribution in [0.5, 0.6) is 5.75 Å². The number of hydrogen-bond donors (Lipinski definition) is 1. The number of methoxy groups -OCH3 is 1. The SMILES string of the molecule is COc1ccc(CNc2cc3cc(C#N)cnc3cn2)cc1. The minimum atomic E-state index is 0.541. The van der Waals surface area contributed by atoms with Crippen molar-refractivity contribution in [2.75, 3.05) is 12.4 Å². The van der Waals surface area contributed by atoms with E-state index in [2.05, 4.69) is 21.4 Å².